The number of carbonyl (C=O) groups excluding carboxylic acids is 1. The number of amides is 1. The van der Waals surface area contributed by atoms with Crippen molar-refractivity contribution in [2.75, 3.05) is 19.8 Å². The van der Waals surface area contributed by atoms with Gasteiger partial charge in [-0.2, -0.15) is 0 Å². The Morgan fingerprint density at radius 3 is 3.00 bits per heavy atom. The van der Waals surface area contributed by atoms with E-state index in [4.69, 9.17) is 4.74 Å². The predicted molar refractivity (Wildman–Crippen MR) is 83.2 cm³/mol. The van der Waals surface area contributed by atoms with Gasteiger partial charge >= 0.3 is 0 Å². The highest BCUT2D eigenvalue weighted by Crippen LogP contribution is 2.21. The van der Waals surface area contributed by atoms with Crippen molar-refractivity contribution in [2.45, 2.75) is 12.8 Å². The molecule has 3 rings (SSSR count). The smallest absolute Gasteiger partial charge is 0.225 e. The summed E-state index contributed by atoms with van der Waals surface area (Å²) in [7, 11) is 0. The third-order valence-corrected chi connectivity index (χ3v) is 4.47. The maximum atomic E-state index is 11.9. The fraction of sp³-hybridized carbons (Fsp3) is 0.375. The molecule has 21 heavy (non-hydrogen) atoms. The van der Waals surface area contributed by atoms with E-state index in [9.17, 15) is 4.79 Å². The maximum Gasteiger partial charge on any atom is 0.225 e. The van der Waals surface area contributed by atoms with Gasteiger partial charge < -0.3 is 10.1 Å². The number of hydrogen-bond donors (Lipinski definition) is 1. The molecule has 2 aromatic rings. The van der Waals surface area contributed by atoms with Crippen LogP contribution in [0, 0.1) is 5.92 Å². The van der Waals surface area contributed by atoms with Crippen molar-refractivity contribution in [1.29, 1.82) is 0 Å². The molecule has 1 atom stereocenters. The second-order valence-corrected chi connectivity index (χ2v) is 6.04. The van der Waals surface area contributed by atoms with E-state index in [0.717, 1.165) is 29.1 Å². The molecule has 1 N–H and O–H groups in total. The fourth-order valence-corrected chi connectivity index (χ4v) is 3.15. The summed E-state index contributed by atoms with van der Waals surface area (Å²) in [4.78, 5) is 16.5. The van der Waals surface area contributed by atoms with Crippen molar-refractivity contribution >= 4 is 17.2 Å². The predicted octanol–water partition coefficient (Wildman–Crippen LogP) is 2.51. The van der Waals surface area contributed by atoms with Gasteiger partial charge in [0.2, 0.25) is 5.91 Å². The lowest BCUT2D eigenvalue weighted by Gasteiger charge is -2.08. The Balaban J connectivity index is 1.50. The van der Waals surface area contributed by atoms with E-state index in [2.05, 4.69) is 27.8 Å². The number of nitrogens with one attached hydrogen (secondary N) is 1. The highest BCUT2D eigenvalue weighted by Gasteiger charge is 2.22. The van der Waals surface area contributed by atoms with Gasteiger partial charge in [0, 0.05) is 30.5 Å². The third-order valence-electron chi connectivity index (χ3n) is 3.56. The van der Waals surface area contributed by atoms with Crippen LogP contribution in [-0.2, 0) is 16.0 Å². The molecule has 1 aliphatic heterocycles. The van der Waals surface area contributed by atoms with Crippen molar-refractivity contribution < 1.29 is 9.53 Å². The molecule has 0 unspecified atom stereocenters. The number of nitrogens with zero attached hydrogens (tertiary/aromatic N) is 1. The summed E-state index contributed by atoms with van der Waals surface area (Å²) >= 11 is 1.64. The van der Waals surface area contributed by atoms with Crippen LogP contribution < -0.4 is 5.32 Å². The van der Waals surface area contributed by atoms with Gasteiger partial charge in [0.1, 0.15) is 0 Å². The quantitative estimate of drug-likeness (QED) is 0.923. The number of carbonyl (C=O) groups is 1. The minimum atomic E-state index is 0.0289. The molecule has 1 aromatic carbocycles. The van der Waals surface area contributed by atoms with Gasteiger partial charge in [0.25, 0.3) is 0 Å². The molecule has 0 aliphatic carbocycles. The van der Waals surface area contributed by atoms with Crippen LogP contribution in [0.4, 0.5) is 0 Å². The second-order valence-electron chi connectivity index (χ2n) is 5.09. The van der Waals surface area contributed by atoms with E-state index < -0.39 is 0 Å². The molecule has 1 aromatic heterocycles. The van der Waals surface area contributed by atoms with Gasteiger partial charge in [-0.15, -0.1) is 11.3 Å². The van der Waals surface area contributed by atoms with Crippen LogP contribution in [-0.4, -0.2) is 30.6 Å². The van der Waals surface area contributed by atoms with Gasteiger partial charge in [-0.1, -0.05) is 30.3 Å². The monoisotopic (exact) mass is 302 g/mol. The van der Waals surface area contributed by atoms with Gasteiger partial charge in [-0.05, 0) is 6.42 Å². The minimum absolute atomic E-state index is 0.0289. The Bertz CT molecular complexity index is 591. The van der Waals surface area contributed by atoms with Crippen molar-refractivity contribution in [3.8, 4) is 11.3 Å². The average molecular weight is 302 g/mol. The summed E-state index contributed by atoms with van der Waals surface area (Å²) < 4.78 is 5.22. The second kappa shape index (κ2) is 6.83. The fourth-order valence-electron chi connectivity index (χ4n) is 2.35. The highest BCUT2D eigenvalue weighted by molar-refractivity contribution is 7.09. The molecule has 0 saturated carbocycles. The number of aromatic nitrogens is 1. The van der Waals surface area contributed by atoms with Crippen LogP contribution in [0.15, 0.2) is 35.7 Å². The number of hydrogen-bond acceptors (Lipinski definition) is 4. The normalized spacial score (nSPS) is 17.8. The number of benzene rings is 1. The molecule has 4 nitrogen and oxygen atoms in total. The lowest BCUT2D eigenvalue weighted by molar-refractivity contribution is -0.124. The van der Waals surface area contributed by atoms with E-state index in [0.29, 0.717) is 19.8 Å². The Morgan fingerprint density at radius 1 is 1.38 bits per heavy atom. The molecule has 1 saturated heterocycles. The van der Waals surface area contributed by atoms with Crippen LogP contribution in [0.3, 0.4) is 0 Å². The zero-order chi connectivity index (χ0) is 14.5. The molecular weight excluding hydrogens is 284 g/mol. The zero-order valence-corrected chi connectivity index (χ0v) is 12.6. The van der Waals surface area contributed by atoms with Crippen LogP contribution >= 0.6 is 11.3 Å². The van der Waals surface area contributed by atoms with Crippen LogP contribution in [0.1, 0.15) is 11.4 Å². The van der Waals surface area contributed by atoms with Crippen LogP contribution in [0.25, 0.3) is 11.3 Å². The number of rotatable bonds is 5. The highest BCUT2D eigenvalue weighted by atomic mass is 32.1. The van der Waals surface area contributed by atoms with Crippen molar-refractivity contribution in [2.24, 2.45) is 5.92 Å². The standard InChI is InChI=1S/C16H18N2O2S/c19-16(13-7-9-20-10-13)17-8-6-15-18-14(11-21-15)12-4-2-1-3-5-12/h1-5,11,13H,6-10H2,(H,17,19)/t13-/m0/s1. The summed E-state index contributed by atoms with van der Waals surface area (Å²) in [5.41, 5.74) is 2.14. The topological polar surface area (TPSA) is 51.2 Å². The van der Waals surface area contributed by atoms with Gasteiger partial charge in [0.15, 0.2) is 0 Å². The van der Waals surface area contributed by atoms with Gasteiger partial charge in [-0.25, -0.2) is 4.98 Å². The van der Waals surface area contributed by atoms with Gasteiger partial charge in [-0.3, -0.25) is 4.79 Å². The molecule has 1 fully saturated rings. The average Bonchev–Trinajstić information content (AvgIpc) is 3.20. The first-order valence-corrected chi connectivity index (χ1v) is 8.06. The Morgan fingerprint density at radius 2 is 2.24 bits per heavy atom. The summed E-state index contributed by atoms with van der Waals surface area (Å²) in [5.74, 6) is 0.133. The van der Waals surface area contributed by atoms with E-state index in [1.54, 1.807) is 11.3 Å². The number of ether oxygens (including phenoxy) is 1. The van der Waals surface area contributed by atoms with Crippen molar-refractivity contribution in [1.82, 2.24) is 10.3 Å². The van der Waals surface area contributed by atoms with E-state index in [-0.39, 0.29) is 11.8 Å². The molecule has 0 spiro atoms. The Labute approximate surface area is 128 Å². The number of thiazole rings is 1. The molecule has 1 amide bonds. The molecule has 0 bridgehead atoms. The largest absolute Gasteiger partial charge is 0.381 e. The lowest BCUT2D eigenvalue weighted by Crippen LogP contribution is -2.32. The molecule has 5 heteroatoms. The lowest BCUT2D eigenvalue weighted by atomic mass is 10.1. The minimum Gasteiger partial charge on any atom is -0.381 e. The first kappa shape index (κ1) is 14.2. The summed E-state index contributed by atoms with van der Waals surface area (Å²) in [6, 6.07) is 10.1. The molecule has 0 radical (unpaired) electrons. The maximum absolute atomic E-state index is 11.9. The summed E-state index contributed by atoms with van der Waals surface area (Å²) in [5, 5.41) is 6.09. The van der Waals surface area contributed by atoms with Crippen LogP contribution in [0.5, 0.6) is 0 Å². The van der Waals surface area contributed by atoms with Crippen molar-refractivity contribution in [3.05, 3.63) is 40.7 Å². The molecule has 2 heterocycles. The van der Waals surface area contributed by atoms with Gasteiger partial charge in [0.05, 0.1) is 23.2 Å². The Hall–Kier alpha value is -1.72. The zero-order valence-electron chi connectivity index (χ0n) is 11.7. The molecule has 110 valence electrons. The third kappa shape index (κ3) is 3.68. The van der Waals surface area contributed by atoms with E-state index in [1.807, 2.05) is 18.2 Å². The first-order valence-electron chi connectivity index (χ1n) is 7.18. The van der Waals surface area contributed by atoms with E-state index in [1.165, 1.54) is 0 Å². The van der Waals surface area contributed by atoms with E-state index >= 15 is 0 Å². The SMILES string of the molecule is O=C(NCCc1nc(-c2ccccc2)cs1)[C@H]1CCOC1. The van der Waals surface area contributed by atoms with Crippen LogP contribution in [0.2, 0.25) is 0 Å². The molecule has 1 aliphatic rings. The molecular formula is C16H18N2O2S. The summed E-state index contributed by atoms with van der Waals surface area (Å²) in [6.45, 7) is 1.89. The summed E-state index contributed by atoms with van der Waals surface area (Å²) in [6.07, 6.45) is 1.61. The van der Waals surface area contributed by atoms with Crippen molar-refractivity contribution in [3.63, 3.8) is 0 Å². The first-order chi connectivity index (χ1) is 10.3. The Kier molecular flexibility index (Phi) is 4.62.